The van der Waals surface area contributed by atoms with Crippen LogP contribution in [0.15, 0.2) is 18.2 Å². The first-order valence-electron chi connectivity index (χ1n) is 10.3. The van der Waals surface area contributed by atoms with Crippen molar-refractivity contribution in [1.29, 1.82) is 0 Å². The van der Waals surface area contributed by atoms with Crippen LogP contribution in [0.25, 0.3) is 0 Å². The number of anilines is 1. The lowest BCUT2D eigenvalue weighted by Crippen LogP contribution is -2.41. The Morgan fingerprint density at radius 2 is 1.59 bits per heavy atom. The molecule has 0 bridgehead atoms. The van der Waals surface area contributed by atoms with Crippen LogP contribution in [0, 0.1) is 15.5 Å². The highest BCUT2D eigenvalue weighted by Crippen LogP contribution is 2.28. The normalized spacial score (nSPS) is 18.0. The van der Waals surface area contributed by atoms with Gasteiger partial charge in [0.05, 0.1) is 4.92 Å². The van der Waals surface area contributed by atoms with Gasteiger partial charge >= 0.3 is 0 Å². The number of hydrogen-bond donors (Lipinski definition) is 0. The minimum atomic E-state index is -0.487. The van der Waals surface area contributed by atoms with Gasteiger partial charge in [-0.1, -0.05) is 20.8 Å². The monoisotopic (exact) mass is 402 g/mol. The largest absolute Gasteiger partial charge is 0.370 e. The number of carbonyl (C=O) groups is 2. The minimum absolute atomic E-state index is 0.132. The quantitative estimate of drug-likeness (QED) is 0.573. The Balaban J connectivity index is 1.81. The van der Waals surface area contributed by atoms with Crippen molar-refractivity contribution in [3.8, 4) is 0 Å². The fourth-order valence-corrected chi connectivity index (χ4v) is 3.99. The average molecular weight is 402 g/mol. The summed E-state index contributed by atoms with van der Waals surface area (Å²) in [6.07, 6.45) is 2.68. The molecule has 0 atom stereocenters. The van der Waals surface area contributed by atoms with Crippen LogP contribution in [0.3, 0.4) is 0 Å². The summed E-state index contributed by atoms with van der Waals surface area (Å²) in [4.78, 5) is 42.2. The third kappa shape index (κ3) is 4.68. The van der Waals surface area contributed by atoms with Crippen LogP contribution < -0.4 is 4.90 Å². The van der Waals surface area contributed by atoms with Crippen molar-refractivity contribution >= 4 is 23.2 Å². The molecule has 2 fully saturated rings. The van der Waals surface area contributed by atoms with Crippen LogP contribution in [0.5, 0.6) is 0 Å². The number of amides is 2. The number of rotatable bonds is 3. The lowest BCUT2D eigenvalue weighted by atomic mass is 9.94. The molecule has 1 aromatic carbocycles. The highest BCUT2D eigenvalue weighted by Gasteiger charge is 2.30. The summed E-state index contributed by atoms with van der Waals surface area (Å²) in [5.74, 6) is -0.136. The zero-order chi connectivity index (χ0) is 21.2. The average Bonchev–Trinajstić information content (AvgIpc) is 3.10. The molecule has 0 aliphatic carbocycles. The highest BCUT2D eigenvalue weighted by atomic mass is 16.6. The van der Waals surface area contributed by atoms with Crippen molar-refractivity contribution in [2.75, 3.05) is 44.2 Å². The van der Waals surface area contributed by atoms with Crippen LogP contribution in [0.4, 0.5) is 11.4 Å². The van der Waals surface area contributed by atoms with Gasteiger partial charge in [-0.2, -0.15) is 0 Å². The van der Waals surface area contributed by atoms with Crippen molar-refractivity contribution in [2.24, 2.45) is 5.41 Å². The first-order chi connectivity index (χ1) is 13.7. The van der Waals surface area contributed by atoms with Crippen molar-refractivity contribution in [3.05, 3.63) is 33.9 Å². The third-order valence-electron chi connectivity index (χ3n) is 5.59. The maximum atomic E-state index is 12.9. The van der Waals surface area contributed by atoms with Crippen LogP contribution in [0.1, 0.15) is 50.4 Å². The standard InChI is InChI=1S/C21H30N4O4/c1-21(2,3)20(27)24-12-6-11-22(13-14-24)16-7-8-18(25(28)29)17(15-16)19(26)23-9-4-5-10-23/h7-8,15H,4-6,9-14H2,1-3H3. The van der Waals surface area contributed by atoms with E-state index in [1.165, 1.54) is 6.07 Å². The molecule has 0 N–H and O–H groups in total. The zero-order valence-corrected chi connectivity index (χ0v) is 17.5. The van der Waals surface area contributed by atoms with Gasteiger partial charge in [-0.3, -0.25) is 19.7 Å². The van der Waals surface area contributed by atoms with Gasteiger partial charge < -0.3 is 14.7 Å². The number of nitro groups is 1. The van der Waals surface area contributed by atoms with Gasteiger partial charge in [-0.25, -0.2) is 0 Å². The third-order valence-corrected chi connectivity index (χ3v) is 5.59. The molecule has 2 aliphatic heterocycles. The zero-order valence-electron chi connectivity index (χ0n) is 17.5. The van der Waals surface area contributed by atoms with Gasteiger partial charge in [0.15, 0.2) is 0 Å². The number of hydrogen-bond acceptors (Lipinski definition) is 5. The van der Waals surface area contributed by atoms with E-state index >= 15 is 0 Å². The molecule has 8 heteroatoms. The minimum Gasteiger partial charge on any atom is -0.370 e. The van der Waals surface area contributed by atoms with E-state index in [-0.39, 0.29) is 23.1 Å². The van der Waals surface area contributed by atoms with Gasteiger partial charge in [0.25, 0.3) is 11.6 Å². The second kappa shape index (κ2) is 8.39. The summed E-state index contributed by atoms with van der Waals surface area (Å²) >= 11 is 0. The molecule has 2 amide bonds. The maximum absolute atomic E-state index is 12.9. The van der Waals surface area contributed by atoms with E-state index in [2.05, 4.69) is 4.90 Å². The topological polar surface area (TPSA) is 87.0 Å². The van der Waals surface area contributed by atoms with E-state index in [0.717, 1.165) is 31.5 Å². The summed E-state index contributed by atoms with van der Waals surface area (Å²) < 4.78 is 0. The van der Waals surface area contributed by atoms with Crippen molar-refractivity contribution in [3.63, 3.8) is 0 Å². The predicted octanol–water partition coefficient (Wildman–Crippen LogP) is 2.92. The molecular formula is C21H30N4O4. The number of nitro benzene ring substituents is 1. The number of carbonyl (C=O) groups excluding carboxylic acids is 2. The number of benzene rings is 1. The summed E-state index contributed by atoms with van der Waals surface area (Å²) in [5.41, 5.74) is 0.382. The number of nitrogens with zero attached hydrogens (tertiary/aromatic N) is 4. The summed E-state index contributed by atoms with van der Waals surface area (Å²) in [6, 6.07) is 4.79. The molecule has 1 aromatic rings. The number of likely N-dealkylation sites (tertiary alicyclic amines) is 1. The molecule has 2 saturated heterocycles. The van der Waals surface area contributed by atoms with Gasteiger partial charge in [0.1, 0.15) is 5.56 Å². The van der Waals surface area contributed by atoms with E-state index in [9.17, 15) is 19.7 Å². The van der Waals surface area contributed by atoms with E-state index in [4.69, 9.17) is 0 Å². The van der Waals surface area contributed by atoms with Crippen LogP contribution >= 0.6 is 0 Å². The summed E-state index contributed by atoms with van der Waals surface area (Å²) in [5, 5.41) is 11.5. The van der Waals surface area contributed by atoms with E-state index < -0.39 is 10.3 Å². The molecule has 0 saturated carbocycles. The van der Waals surface area contributed by atoms with E-state index in [0.29, 0.717) is 32.7 Å². The second-order valence-corrected chi connectivity index (χ2v) is 8.84. The summed E-state index contributed by atoms with van der Waals surface area (Å²) in [7, 11) is 0. The highest BCUT2D eigenvalue weighted by molar-refractivity contribution is 5.99. The molecule has 0 aromatic heterocycles. The Hall–Kier alpha value is -2.64. The first-order valence-corrected chi connectivity index (χ1v) is 10.3. The lowest BCUT2D eigenvalue weighted by molar-refractivity contribution is -0.385. The lowest BCUT2D eigenvalue weighted by Gasteiger charge is -2.29. The molecule has 0 unspecified atom stereocenters. The van der Waals surface area contributed by atoms with Crippen LogP contribution in [-0.2, 0) is 4.79 Å². The molecule has 158 valence electrons. The molecule has 29 heavy (non-hydrogen) atoms. The Labute approximate surface area is 171 Å². The van der Waals surface area contributed by atoms with Gasteiger partial charge in [-0.15, -0.1) is 0 Å². The van der Waals surface area contributed by atoms with Gasteiger partial charge in [-0.05, 0) is 31.4 Å². The SMILES string of the molecule is CC(C)(C)C(=O)N1CCCN(c2ccc([N+](=O)[O-])c(C(=O)N3CCCC3)c2)CC1. The Bertz CT molecular complexity index is 796. The Kier molecular flexibility index (Phi) is 6.10. The van der Waals surface area contributed by atoms with Crippen LogP contribution in [0.2, 0.25) is 0 Å². The molecule has 8 nitrogen and oxygen atoms in total. The van der Waals surface area contributed by atoms with Crippen molar-refractivity contribution in [2.45, 2.75) is 40.0 Å². The van der Waals surface area contributed by atoms with E-state index in [1.807, 2.05) is 25.7 Å². The fraction of sp³-hybridized carbons (Fsp3) is 0.619. The molecule has 3 rings (SSSR count). The molecular weight excluding hydrogens is 372 g/mol. The second-order valence-electron chi connectivity index (χ2n) is 8.84. The van der Waals surface area contributed by atoms with E-state index in [1.54, 1.807) is 17.0 Å². The molecule has 2 heterocycles. The van der Waals surface area contributed by atoms with Gasteiger partial charge in [0, 0.05) is 56.4 Å². The van der Waals surface area contributed by atoms with Crippen molar-refractivity contribution in [1.82, 2.24) is 9.80 Å². The first kappa shape index (κ1) is 21.1. The predicted molar refractivity (Wildman–Crippen MR) is 111 cm³/mol. The van der Waals surface area contributed by atoms with Crippen molar-refractivity contribution < 1.29 is 14.5 Å². The maximum Gasteiger partial charge on any atom is 0.282 e. The van der Waals surface area contributed by atoms with Crippen LogP contribution in [-0.4, -0.2) is 65.8 Å². The Morgan fingerprint density at radius 1 is 0.931 bits per heavy atom. The summed E-state index contributed by atoms with van der Waals surface area (Å²) in [6.45, 7) is 9.73. The Morgan fingerprint density at radius 3 is 2.21 bits per heavy atom. The molecule has 0 spiro atoms. The smallest absolute Gasteiger partial charge is 0.282 e. The molecule has 2 aliphatic rings. The molecule has 0 radical (unpaired) electrons. The van der Waals surface area contributed by atoms with Gasteiger partial charge in [0.2, 0.25) is 5.91 Å². The fourth-order valence-electron chi connectivity index (χ4n) is 3.99.